The summed E-state index contributed by atoms with van der Waals surface area (Å²) in [7, 11) is 0. The number of phenols is 1. The molecule has 2 aromatic carbocycles. The van der Waals surface area contributed by atoms with Crippen LogP contribution in [0.5, 0.6) is 5.75 Å². The third kappa shape index (κ3) is 3.99. The smallest absolute Gasteiger partial charge is 0.224 e. The molecular weight excluding hydrogens is 264 g/mol. The number of phenolic OH excluding ortho intramolecular Hbond substituents is 1. The number of nitrogens with one attached hydrogen (secondary N) is 1. The number of hydrogen-bond donors (Lipinski definition) is 3. The highest BCUT2D eigenvalue weighted by molar-refractivity contribution is 5.92. The first-order valence-corrected chi connectivity index (χ1v) is 6.90. The van der Waals surface area contributed by atoms with Gasteiger partial charge in [0.15, 0.2) is 0 Å². The minimum Gasteiger partial charge on any atom is -0.505 e. The Kier molecular flexibility index (Phi) is 4.48. The van der Waals surface area contributed by atoms with Gasteiger partial charge in [-0.2, -0.15) is 0 Å². The summed E-state index contributed by atoms with van der Waals surface area (Å²) in [5.41, 5.74) is 9.64. The summed E-state index contributed by atoms with van der Waals surface area (Å²) in [6.07, 6.45) is 0.957. The van der Waals surface area contributed by atoms with Gasteiger partial charge in [0.05, 0.1) is 5.69 Å². The van der Waals surface area contributed by atoms with E-state index in [1.807, 2.05) is 44.2 Å². The summed E-state index contributed by atoms with van der Waals surface area (Å²) < 4.78 is 0. The average molecular weight is 284 g/mol. The summed E-state index contributed by atoms with van der Waals surface area (Å²) in [6.45, 7) is 3.74. The molecule has 2 aromatic rings. The molecule has 0 saturated carbocycles. The highest BCUT2D eigenvalue weighted by atomic mass is 16.3. The van der Waals surface area contributed by atoms with E-state index in [2.05, 4.69) is 5.32 Å². The first-order valence-electron chi connectivity index (χ1n) is 6.90. The third-order valence-electron chi connectivity index (χ3n) is 3.31. The van der Waals surface area contributed by atoms with Gasteiger partial charge in [-0.25, -0.2) is 0 Å². The Morgan fingerprint density at radius 1 is 1.24 bits per heavy atom. The number of nitrogen functional groups attached to an aromatic ring is 1. The van der Waals surface area contributed by atoms with Crippen LogP contribution < -0.4 is 11.1 Å². The van der Waals surface area contributed by atoms with Gasteiger partial charge in [-0.1, -0.05) is 18.2 Å². The number of rotatable bonds is 4. The van der Waals surface area contributed by atoms with Crippen LogP contribution in [0.1, 0.15) is 23.1 Å². The van der Waals surface area contributed by atoms with E-state index in [9.17, 15) is 9.90 Å². The van der Waals surface area contributed by atoms with Gasteiger partial charge < -0.3 is 16.2 Å². The fraction of sp³-hybridized carbons (Fsp3) is 0.235. The van der Waals surface area contributed by atoms with Crippen LogP contribution in [0, 0.1) is 13.8 Å². The van der Waals surface area contributed by atoms with E-state index in [4.69, 9.17) is 5.73 Å². The fourth-order valence-corrected chi connectivity index (χ4v) is 2.27. The van der Waals surface area contributed by atoms with Crippen molar-refractivity contribution in [3.8, 4) is 5.75 Å². The molecule has 0 bridgehead atoms. The molecular formula is C17H20N2O2. The minimum absolute atomic E-state index is 0.123. The van der Waals surface area contributed by atoms with Crippen molar-refractivity contribution in [3.63, 3.8) is 0 Å². The molecule has 0 spiro atoms. The van der Waals surface area contributed by atoms with Crippen molar-refractivity contribution in [1.29, 1.82) is 0 Å². The van der Waals surface area contributed by atoms with Gasteiger partial charge in [-0.05, 0) is 55.2 Å². The molecule has 0 aliphatic heterocycles. The lowest BCUT2D eigenvalue weighted by Gasteiger charge is -2.10. The Balaban J connectivity index is 1.99. The van der Waals surface area contributed by atoms with Crippen molar-refractivity contribution in [3.05, 3.63) is 53.1 Å². The maximum absolute atomic E-state index is 12.0. The second-order valence-electron chi connectivity index (χ2n) is 5.27. The first-order chi connectivity index (χ1) is 9.95. The average Bonchev–Trinajstić information content (AvgIpc) is 2.42. The SMILES string of the molecule is Cc1cc(C)c(O)c(NC(=O)CCc2cccc(N)c2)c1. The molecule has 110 valence electrons. The Hall–Kier alpha value is -2.49. The number of hydrogen-bond acceptors (Lipinski definition) is 3. The molecule has 0 atom stereocenters. The van der Waals surface area contributed by atoms with Crippen molar-refractivity contribution in [2.24, 2.45) is 0 Å². The molecule has 2 rings (SSSR count). The van der Waals surface area contributed by atoms with Crippen molar-refractivity contribution in [1.82, 2.24) is 0 Å². The summed E-state index contributed by atoms with van der Waals surface area (Å²) in [6, 6.07) is 11.1. The molecule has 0 saturated heterocycles. The number of aryl methyl sites for hydroxylation is 3. The molecule has 0 unspecified atom stereocenters. The monoisotopic (exact) mass is 284 g/mol. The largest absolute Gasteiger partial charge is 0.505 e. The molecule has 1 amide bonds. The van der Waals surface area contributed by atoms with E-state index in [1.54, 1.807) is 6.07 Å². The third-order valence-corrected chi connectivity index (χ3v) is 3.31. The molecule has 21 heavy (non-hydrogen) atoms. The number of carbonyl (C=O) groups excluding carboxylic acids is 1. The summed E-state index contributed by atoms with van der Waals surface area (Å²) in [5, 5.41) is 12.7. The van der Waals surface area contributed by atoms with E-state index in [0.29, 0.717) is 24.2 Å². The van der Waals surface area contributed by atoms with E-state index >= 15 is 0 Å². The number of amides is 1. The lowest BCUT2D eigenvalue weighted by atomic mass is 10.1. The quantitative estimate of drug-likeness (QED) is 0.596. The van der Waals surface area contributed by atoms with Crippen LogP contribution in [0.25, 0.3) is 0 Å². The Morgan fingerprint density at radius 2 is 2.00 bits per heavy atom. The van der Waals surface area contributed by atoms with Gasteiger partial charge >= 0.3 is 0 Å². The maximum atomic E-state index is 12.0. The predicted octanol–water partition coefficient (Wildman–Crippen LogP) is 3.16. The lowest BCUT2D eigenvalue weighted by Crippen LogP contribution is -2.13. The molecule has 4 heteroatoms. The normalized spacial score (nSPS) is 10.4. The second kappa shape index (κ2) is 6.31. The van der Waals surface area contributed by atoms with Gasteiger partial charge in [0, 0.05) is 12.1 Å². The molecule has 0 radical (unpaired) electrons. The second-order valence-corrected chi connectivity index (χ2v) is 5.27. The molecule has 0 heterocycles. The highest BCUT2D eigenvalue weighted by Crippen LogP contribution is 2.28. The molecule has 0 aromatic heterocycles. The summed E-state index contributed by atoms with van der Waals surface area (Å²) in [5.74, 6) is -0.00405. The van der Waals surface area contributed by atoms with E-state index in [0.717, 1.165) is 16.7 Å². The van der Waals surface area contributed by atoms with Gasteiger partial charge in [0.2, 0.25) is 5.91 Å². The van der Waals surface area contributed by atoms with Crippen LogP contribution in [0.4, 0.5) is 11.4 Å². The molecule has 0 aliphatic rings. The lowest BCUT2D eigenvalue weighted by molar-refractivity contribution is -0.116. The predicted molar refractivity (Wildman–Crippen MR) is 85.4 cm³/mol. The molecule has 4 N–H and O–H groups in total. The van der Waals surface area contributed by atoms with Gasteiger partial charge in [-0.15, -0.1) is 0 Å². The summed E-state index contributed by atoms with van der Waals surface area (Å²) in [4.78, 5) is 12.0. The number of benzene rings is 2. The molecule has 0 fully saturated rings. The van der Waals surface area contributed by atoms with Gasteiger partial charge in [0.1, 0.15) is 5.75 Å². The standard InChI is InChI=1S/C17H20N2O2/c1-11-8-12(2)17(21)15(9-11)19-16(20)7-6-13-4-3-5-14(18)10-13/h3-5,8-10,21H,6-7,18H2,1-2H3,(H,19,20). The Labute approximate surface area is 124 Å². The highest BCUT2D eigenvalue weighted by Gasteiger charge is 2.09. The van der Waals surface area contributed by atoms with Crippen molar-refractivity contribution >= 4 is 17.3 Å². The van der Waals surface area contributed by atoms with E-state index in [-0.39, 0.29) is 11.7 Å². The number of nitrogens with two attached hydrogens (primary N) is 1. The zero-order valence-electron chi connectivity index (χ0n) is 12.3. The van der Waals surface area contributed by atoms with Crippen LogP contribution in [0.2, 0.25) is 0 Å². The zero-order chi connectivity index (χ0) is 15.4. The number of anilines is 2. The first kappa shape index (κ1) is 14.9. The Bertz CT molecular complexity index is 666. The van der Waals surface area contributed by atoms with Crippen molar-refractivity contribution < 1.29 is 9.90 Å². The molecule has 4 nitrogen and oxygen atoms in total. The van der Waals surface area contributed by atoms with Crippen molar-refractivity contribution in [2.45, 2.75) is 26.7 Å². The van der Waals surface area contributed by atoms with Gasteiger partial charge in [0.25, 0.3) is 0 Å². The van der Waals surface area contributed by atoms with Crippen LogP contribution in [-0.2, 0) is 11.2 Å². The fourth-order valence-electron chi connectivity index (χ4n) is 2.27. The van der Waals surface area contributed by atoms with Gasteiger partial charge in [-0.3, -0.25) is 4.79 Å². The molecule has 0 aliphatic carbocycles. The number of carbonyl (C=O) groups is 1. The summed E-state index contributed by atoms with van der Waals surface area (Å²) >= 11 is 0. The Morgan fingerprint density at radius 3 is 2.71 bits per heavy atom. The zero-order valence-corrected chi connectivity index (χ0v) is 12.3. The number of aromatic hydroxyl groups is 1. The maximum Gasteiger partial charge on any atom is 0.224 e. The van der Waals surface area contributed by atoms with E-state index < -0.39 is 0 Å². The topological polar surface area (TPSA) is 75.3 Å². The van der Waals surface area contributed by atoms with Crippen LogP contribution in [0.15, 0.2) is 36.4 Å². The van der Waals surface area contributed by atoms with Crippen molar-refractivity contribution in [2.75, 3.05) is 11.1 Å². The van der Waals surface area contributed by atoms with Crippen LogP contribution in [0.3, 0.4) is 0 Å². The minimum atomic E-state index is -0.127. The van der Waals surface area contributed by atoms with E-state index in [1.165, 1.54) is 0 Å². The van der Waals surface area contributed by atoms with Crippen LogP contribution in [-0.4, -0.2) is 11.0 Å². The van der Waals surface area contributed by atoms with Crippen LogP contribution >= 0.6 is 0 Å².